The summed E-state index contributed by atoms with van der Waals surface area (Å²) in [6.45, 7) is 4.76. The van der Waals surface area contributed by atoms with Gasteiger partial charge in [0.25, 0.3) is 5.69 Å². The third-order valence-electron chi connectivity index (χ3n) is 2.47. The number of nitrogens with zero attached hydrogens (tertiary/aromatic N) is 1. The van der Waals surface area contributed by atoms with Crippen molar-refractivity contribution in [2.45, 2.75) is 26.3 Å². The monoisotopic (exact) mass is 265 g/mol. The number of nitrogens with one attached hydrogen (secondary N) is 2. The number of nitro benzene ring substituents is 1. The van der Waals surface area contributed by atoms with Gasteiger partial charge in [-0.2, -0.15) is 0 Å². The van der Waals surface area contributed by atoms with Crippen molar-refractivity contribution in [3.63, 3.8) is 0 Å². The molecule has 6 nitrogen and oxygen atoms in total. The fourth-order valence-corrected chi connectivity index (χ4v) is 1.59. The molecule has 1 amide bonds. The molecule has 0 fully saturated rings. The van der Waals surface area contributed by atoms with Crippen molar-refractivity contribution < 1.29 is 9.72 Å². The van der Waals surface area contributed by atoms with Gasteiger partial charge >= 0.3 is 0 Å². The highest BCUT2D eigenvalue weighted by molar-refractivity contribution is 5.78. The first-order chi connectivity index (χ1) is 8.99. The van der Waals surface area contributed by atoms with E-state index >= 15 is 0 Å². The number of carbonyl (C=O) groups excluding carboxylic acids is 1. The van der Waals surface area contributed by atoms with Crippen molar-refractivity contribution in [3.8, 4) is 0 Å². The number of hydrogen-bond acceptors (Lipinski definition) is 4. The summed E-state index contributed by atoms with van der Waals surface area (Å²) in [5, 5.41) is 16.3. The zero-order chi connectivity index (χ0) is 14.3. The maximum Gasteiger partial charge on any atom is 0.269 e. The van der Waals surface area contributed by atoms with Crippen LogP contribution in [0.3, 0.4) is 0 Å². The summed E-state index contributed by atoms with van der Waals surface area (Å²) >= 11 is 0. The van der Waals surface area contributed by atoms with Crippen molar-refractivity contribution in [2.75, 3.05) is 13.1 Å². The molecule has 19 heavy (non-hydrogen) atoms. The van der Waals surface area contributed by atoms with Gasteiger partial charge < -0.3 is 10.6 Å². The van der Waals surface area contributed by atoms with Gasteiger partial charge in [-0.15, -0.1) is 0 Å². The van der Waals surface area contributed by atoms with E-state index in [9.17, 15) is 14.9 Å². The van der Waals surface area contributed by atoms with Crippen LogP contribution < -0.4 is 10.6 Å². The maximum absolute atomic E-state index is 11.3. The average molecular weight is 265 g/mol. The highest BCUT2D eigenvalue weighted by Gasteiger charge is 2.04. The van der Waals surface area contributed by atoms with E-state index in [1.165, 1.54) is 12.1 Å². The Morgan fingerprint density at radius 1 is 1.32 bits per heavy atom. The topological polar surface area (TPSA) is 84.3 Å². The number of nitro groups is 1. The van der Waals surface area contributed by atoms with E-state index in [2.05, 4.69) is 10.6 Å². The maximum atomic E-state index is 11.3. The number of rotatable bonds is 7. The molecular formula is C13H19N3O3. The van der Waals surface area contributed by atoms with E-state index in [0.717, 1.165) is 12.0 Å². The van der Waals surface area contributed by atoms with Crippen LogP contribution in [0.25, 0.3) is 0 Å². The Morgan fingerprint density at radius 2 is 1.95 bits per heavy atom. The molecule has 0 aromatic heterocycles. The molecule has 1 aromatic rings. The molecule has 0 atom stereocenters. The van der Waals surface area contributed by atoms with Crippen LogP contribution in [0.4, 0.5) is 5.69 Å². The molecular weight excluding hydrogens is 246 g/mol. The number of carbonyl (C=O) groups is 1. The molecule has 0 unspecified atom stereocenters. The third kappa shape index (κ3) is 5.96. The van der Waals surface area contributed by atoms with Crippen molar-refractivity contribution in [2.24, 2.45) is 0 Å². The Kier molecular flexibility index (Phi) is 5.95. The molecule has 0 spiro atoms. The summed E-state index contributed by atoms with van der Waals surface area (Å²) < 4.78 is 0. The van der Waals surface area contributed by atoms with E-state index < -0.39 is 4.92 Å². The summed E-state index contributed by atoms with van der Waals surface area (Å²) in [6, 6.07) is 6.58. The van der Waals surface area contributed by atoms with Gasteiger partial charge in [-0.1, -0.05) is 12.1 Å². The van der Waals surface area contributed by atoms with E-state index in [0.29, 0.717) is 6.54 Å². The molecule has 0 heterocycles. The van der Waals surface area contributed by atoms with Crippen molar-refractivity contribution in [1.29, 1.82) is 0 Å². The Labute approximate surface area is 112 Å². The minimum Gasteiger partial charge on any atom is -0.353 e. The van der Waals surface area contributed by atoms with Crippen molar-refractivity contribution in [3.05, 3.63) is 39.9 Å². The highest BCUT2D eigenvalue weighted by atomic mass is 16.6. The minimum absolute atomic E-state index is 0.0290. The summed E-state index contributed by atoms with van der Waals surface area (Å²) in [7, 11) is 0. The van der Waals surface area contributed by atoms with Gasteiger partial charge in [0.1, 0.15) is 0 Å². The van der Waals surface area contributed by atoms with Crippen LogP contribution in [0.15, 0.2) is 24.3 Å². The normalized spacial score (nSPS) is 10.5. The third-order valence-corrected chi connectivity index (χ3v) is 2.47. The van der Waals surface area contributed by atoms with E-state index in [1.807, 2.05) is 13.8 Å². The first-order valence-electron chi connectivity index (χ1n) is 6.22. The first-order valence-corrected chi connectivity index (χ1v) is 6.22. The van der Waals surface area contributed by atoms with Gasteiger partial charge in [-0.3, -0.25) is 14.9 Å². The predicted octanol–water partition coefficient (Wildman–Crippen LogP) is 1.25. The summed E-state index contributed by atoms with van der Waals surface area (Å²) in [6.07, 6.45) is 0.729. The lowest BCUT2D eigenvalue weighted by Crippen LogP contribution is -2.38. The van der Waals surface area contributed by atoms with Crippen LogP contribution in [-0.2, 0) is 11.2 Å². The molecule has 0 aliphatic rings. The molecule has 104 valence electrons. The summed E-state index contributed by atoms with van der Waals surface area (Å²) in [4.78, 5) is 21.4. The SMILES string of the molecule is CC(C)NC(=O)CNCCc1ccc([N+](=O)[O-])cc1. The zero-order valence-electron chi connectivity index (χ0n) is 11.2. The van der Waals surface area contributed by atoms with Gasteiger partial charge in [-0.25, -0.2) is 0 Å². The van der Waals surface area contributed by atoms with Crippen LogP contribution in [0, 0.1) is 10.1 Å². The highest BCUT2D eigenvalue weighted by Crippen LogP contribution is 2.11. The molecule has 6 heteroatoms. The minimum atomic E-state index is -0.418. The smallest absolute Gasteiger partial charge is 0.269 e. The fraction of sp³-hybridized carbons (Fsp3) is 0.462. The zero-order valence-corrected chi connectivity index (χ0v) is 11.2. The van der Waals surface area contributed by atoms with Gasteiger partial charge in [0.15, 0.2) is 0 Å². The molecule has 1 rings (SSSR count). The second kappa shape index (κ2) is 7.48. The Morgan fingerprint density at radius 3 is 2.47 bits per heavy atom. The quantitative estimate of drug-likeness (QED) is 0.441. The Balaban J connectivity index is 2.26. The standard InChI is InChI=1S/C13H19N3O3/c1-10(2)15-13(17)9-14-8-7-11-3-5-12(6-4-11)16(18)19/h3-6,10,14H,7-9H2,1-2H3,(H,15,17). The lowest BCUT2D eigenvalue weighted by molar-refractivity contribution is -0.384. The second-order valence-corrected chi connectivity index (χ2v) is 4.57. The van der Waals surface area contributed by atoms with Crippen LogP contribution >= 0.6 is 0 Å². The van der Waals surface area contributed by atoms with Crippen LogP contribution in [0.1, 0.15) is 19.4 Å². The average Bonchev–Trinajstić information content (AvgIpc) is 2.34. The lowest BCUT2D eigenvalue weighted by atomic mass is 10.1. The number of benzene rings is 1. The summed E-state index contributed by atoms with van der Waals surface area (Å²) in [5.41, 5.74) is 1.09. The molecule has 1 aromatic carbocycles. The Bertz CT molecular complexity index is 429. The van der Waals surface area contributed by atoms with Crippen LogP contribution in [0.5, 0.6) is 0 Å². The van der Waals surface area contributed by atoms with E-state index in [-0.39, 0.29) is 24.2 Å². The molecule has 0 aliphatic carbocycles. The van der Waals surface area contributed by atoms with Crippen molar-refractivity contribution >= 4 is 11.6 Å². The van der Waals surface area contributed by atoms with Gasteiger partial charge in [0.05, 0.1) is 11.5 Å². The van der Waals surface area contributed by atoms with Crippen molar-refractivity contribution in [1.82, 2.24) is 10.6 Å². The Hall–Kier alpha value is -1.95. The predicted molar refractivity (Wildman–Crippen MR) is 72.9 cm³/mol. The molecule has 0 saturated carbocycles. The number of non-ortho nitro benzene ring substituents is 1. The van der Waals surface area contributed by atoms with E-state index in [1.54, 1.807) is 12.1 Å². The number of amides is 1. The van der Waals surface area contributed by atoms with Crippen LogP contribution in [0.2, 0.25) is 0 Å². The molecule has 0 bridgehead atoms. The first kappa shape index (κ1) is 15.1. The fourth-order valence-electron chi connectivity index (χ4n) is 1.59. The molecule has 0 aliphatic heterocycles. The molecule has 2 N–H and O–H groups in total. The lowest BCUT2D eigenvalue weighted by Gasteiger charge is -2.09. The summed E-state index contributed by atoms with van der Waals surface area (Å²) in [5.74, 6) is -0.0290. The van der Waals surface area contributed by atoms with Gasteiger partial charge in [0, 0.05) is 18.2 Å². The molecule has 0 saturated heterocycles. The number of hydrogen-bond donors (Lipinski definition) is 2. The van der Waals surface area contributed by atoms with Gasteiger partial charge in [-0.05, 0) is 32.4 Å². The van der Waals surface area contributed by atoms with Crippen LogP contribution in [-0.4, -0.2) is 30.0 Å². The van der Waals surface area contributed by atoms with E-state index in [4.69, 9.17) is 0 Å². The second-order valence-electron chi connectivity index (χ2n) is 4.57. The molecule has 0 radical (unpaired) electrons. The largest absolute Gasteiger partial charge is 0.353 e. The van der Waals surface area contributed by atoms with Gasteiger partial charge in [0.2, 0.25) is 5.91 Å².